The summed E-state index contributed by atoms with van der Waals surface area (Å²) in [6, 6.07) is 7.84. The molecule has 0 aliphatic rings. The zero-order chi connectivity index (χ0) is 8.97. The molecule has 0 aromatic carbocycles. The Balaban J connectivity index is 2.95. The number of hydrogen-bond donors (Lipinski definition) is 0. The monoisotopic (exact) mass is 224 g/mol. The van der Waals surface area contributed by atoms with Crippen LogP contribution in [-0.4, -0.2) is 4.98 Å². The molecular formula is C9H9BrN2. The fraction of sp³-hybridized carbons (Fsp3) is 0.333. The summed E-state index contributed by atoms with van der Waals surface area (Å²) in [6.45, 7) is 1.98. The minimum absolute atomic E-state index is 0.0810. The molecule has 0 spiro atoms. The molecule has 0 bridgehead atoms. The highest BCUT2D eigenvalue weighted by Gasteiger charge is 2.08. The zero-order valence-corrected chi connectivity index (χ0v) is 8.37. The molecule has 0 radical (unpaired) electrons. The molecule has 1 heterocycles. The number of nitriles is 1. The SMILES string of the molecule is CCC(C#N)c1cccc(Br)n1. The van der Waals surface area contributed by atoms with Crippen LogP contribution < -0.4 is 0 Å². The van der Waals surface area contributed by atoms with Crippen molar-refractivity contribution in [2.24, 2.45) is 0 Å². The Kier molecular flexibility index (Phi) is 3.24. The lowest BCUT2D eigenvalue weighted by Crippen LogP contribution is -1.96. The normalized spacial score (nSPS) is 12.1. The summed E-state index contributed by atoms with van der Waals surface area (Å²) in [5.41, 5.74) is 0.842. The van der Waals surface area contributed by atoms with Crippen molar-refractivity contribution in [3.63, 3.8) is 0 Å². The minimum Gasteiger partial charge on any atom is -0.245 e. The van der Waals surface area contributed by atoms with Crippen LogP contribution >= 0.6 is 15.9 Å². The number of nitrogens with zero attached hydrogens (tertiary/aromatic N) is 2. The van der Waals surface area contributed by atoms with Crippen LogP contribution in [0.5, 0.6) is 0 Å². The van der Waals surface area contributed by atoms with Gasteiger partial charge < -0.3 is 0 Å². The van der Waals surface area contributed by atoms with Crippen molar-refractivity contribution >= 4 is 15.9 Å². The van der Waals surface area contributed by atoms with E-state index in [1.807, 2.05) is 25.1 Å². The van der Waals surface area contributed by atoms with Crippen molar-refractivity contribution in [2.75, 3.05) is 0 Å². The Hall–Kier alpha value is -0.880. The van der Waals surface area contributed by atoms with Crippen LogP contribution in [0.4, 0.5) is 0 Å². The van der Waals surface area contributed by atoms with Gasteiger partial charge in [-0.05, 0) is 34.5 Å². The first kappa shape index (κ1) is 9.21. The summed E-state index contributed by atoms with van der Waals surface area (Å²) in [6.07, 6.45) is 0.806. The molecule has 2 nitrogen and oxygen atoms in total. The van der Waals surface area contributed by atoms with Crippen LogP contribution in [0.25, 0.3) is 0 Å². The lowest BCUT2D eigenvalue weighted by atomic mass is 10.0. The number of hydrogen-bond acceptors (Lipinski definition) is 2. The second-order valence-electron chi connectivity index (χ2n) is 2.48. The van der Waals surface area contributed by atoms with E-state index in [4.69, 9.17) is 5.26 Å². The number of pyridine rings is 1. The lowest BCUT2D eigenvalue weighted by Gasteiger charge is -2.04. The molecule has 1 aromatic rings. The van der Waals surface area contributed by atoms with E-state index >= 15 is 0 Å². The summed E-state index contributed by atoms with van der Waals surface area (Å²) in [5, 5.41) is 8.77. The Bertz CT molecular complexity index is 304. The highest BCUT2D eigenvalue weighted by Crippen LogP contribution is 2.17. The smallest absolute Gasteiger partial charge is 0.106 e. The van der Waals surface area contributed by atoms with Crippen molar-refractivity contribution in [3.05, 3.63) is 28.5 Å². The Morgan fingerprint density at radius 2 is 2.42 bits per heavy atom. The highest BCUT2D eigenvalue weighted by atomic mass is 79.9. The van der Waals surface area contributed by atoms with Gasteiger partial charge in [0, 0.05) is 0 Å². The van der Waals surface area contributed by atoms with Crippen LogP contribution in [0.15, 0.2) is 22.8 Å². The molecule has 0 aliphatic heterocycles. The Labute approximate surface area is 80.4 Å². The maximum atomic E-state index is 8.77. The van der Waals surface area contributed by atoms with Gasteiger partial charge in [-0.2, -0.15) is 5.26 Å². The Morgan fingerprint density at radius 1 is 1.67 bits per heavy atom. The molecule has 0 saturated heterocycles. The van der Waals surface area contributed by atoms with E-state index < -0.39 is 0 Å². The fourth-order valence-corrected chi connectivity index (χ4v) is 1.34. The van der Waals surface area contributed by atoms with Crippen molar-refractivity contribution in [3.8, 4) is 6.07 Å². The molecular weight excluding hydrogens is 216 g/mol. The van der Waals surface area contributed by atoms with Crippen LogP contribution in [0.3, 0.4) is 0 Å². The lowest BCUT2D eigenvalue weighted by molar-refractivity contribution is 0.784. The standard InChI is InChI=1S/C9H9BrN2/c1-2-7(6-11)8-4-3-5-9(10)12-8/h3-5,7H,2H2,1H3. The second kappa shape index (κ2) is 4.22. The van der Waals surface area contributed by atoms with E-state index in [1.165, 1.54) is 0 Å². The van der Waals surface area contributed by atoms with E-state index in [2.05, 4.69) is 27.0 Å². The summed E-state index contributed by atoms with van der Waals surface area (Å²) in [5.74, 6) is -0.0810. The van der Waals surface area contributed by atoms with E-state index in [0.717, 1.165) is 16.7 Å². The number of halogens is 1. The summed E-state index contributed by atoms with van der Waals surface area (Å²) >= 11 is 3.27. The number of rotatable bonds is 2. The predicted octanol–water partition coefficient (Wildman–Crippen LogP) is 2.86. The summed E-state index contributed by atoms with van der Waals surface area (Å²) < 4.78 is 0.786. The molecule has 62 valence electrons. The topological polar surface area (TPSA) is 36.7 Å². The number of aromatic nitrogens is 1. The van der Waals surface area contributed by atoms with E-state index in [1.54, 1.807) is 0 Å². The minimum atomic E-state index is -0.0810. The van der Waals surface area contributed by atoms with Gasteiger partial charge in [0.05, 0.1) is 17.7 Å². The Morgan fingerprint density at radius 3 is 2.92 bits per heavy atom. The van der Waals surface area contributed by atoms with E-state index in [9.17, 15) is 0 Å². The largest absolute Gasteiger partial charge is 0.245 e. The molecule has 1 rings (SSSR count). The van der Waals surface area contributed by atoms with Gasteiger partial charge >= 0.3 is 0 Å². The summed E-state index contributed by atoms with van der Waals surface area (Å²) in [7, 11) is 0. The van der Waals surface area contributed by atoms with Crippen LogP contribution in [0, 0.1) is 11.3 Å². The third kappa shape index (κ3) is 2.05. The van der Waals surface area contributed by atoms with Crippen molar-refractivity contribution in [1.29, 1.82) is 5.26 Å². The van der Waals surface area contributed by atoms with E-state index in [0.29, 0.717) is 0 Å². The maximum Gasteiger partial charge on any atom is 0.106 e. The average Bonchev–Trinajstić information content (AvgIpc) is 2.07. The molecule has 3 heteroatoms. The molecule has 0 saturated carbocycles. The van der Waals surface area contributed by atoms with Crippen LogP contribution in [-0.2, 0) is 0 Å². The first-order valence-electron chi connectivity index (χ1n) is 3.80. The molecule has 1 atom stereocenters. The second-order valence-corrected chi connectivity index (χ2v) is 3.29. The van der Waals surface area contributed by atoms with Gasteiger partial charge in [0.15, 0.2) is 0 Å². The fourth-order valence-electron chi connectivity index (χ4n) is 0.985. The summed E-state index contributed by atoms with van der Waals surface area (Å²) in [4.78, 5) is 4.21. The predicted molar refractivity (Wildman–Crippen MR) is 50.6 cm³/mol. The zero-order valence-electron chi connectivity index (χ0n) is 6.79. The first-order chi connectivity index (χ1) is 5.77. The maximum absolute atomic E-state index is 8.77. The van der Waals surface area contributed by atoms with Crippen molar-refractivity contribution in [1.82, 2.24) is 4.98 Å². The molecule has 1 unspecified atom stereocenters. The van der Waals surface area contributed by atoms with Crippen LogP contribution in [0.1, 0.15) is 25.0 Å². The molecule has 0 fully saturated rings. The third-order valence-corrected chi connectivity index (χ3v) is 2.10. The molecule has 0 aliphatic carbocycles. The van der Waals surface area contributed by atoms with Crippen molar-refractivity contribution < 1.29 is 0 Å². The third-order valence-electron chi connectivity index (χ3n) is 1.66. The van der Waals surface area contributed by atoms with Gasteiger partial charge in [-0.15, -0.1) is 0 Å². The molecule has 12 heavy (non-hydrogen) atoms. The first-order valence-corrected chi connectivity index (χ1v) is 4.59. The molecule has 0 N–H and O–H groups in total. The van der Waals surface area contributed by atoms with E-state index in [-0.39, 0.29) is 5.92 Å². The molecule has 1 aromatic heterocycles. The van der Waals surface area contributed by atoms with Gasteiger partial charge in [-0.25, -0.2) is 4.98 Å². The highest BCUT2D eigenvalue weighted by molar-refractivity contribution is 9.10. The molecule has 0 amide bonds. The van der Waals surface area contributed by atoms with Gasteiger partial charge in [-0.3, -0.25) is 0 Å². The van der Waals surface area contributed by atoms with Crippen molar-refractivity contribution in [2.45, 2.75) is 19.3 Å². The van der Waals surface area contributed by atoms with Gasteiger partial charge in [0.1, 0.15) is 4.60 Å². The quantitative estimate of drug-likeness (QED) is 0.725. The van der Waals surface area contributed by atoms with Gasteiger partial charge in [0.2, 0.25) is 0 Å². The van der Waals surface area contributed by atoms with Crippen LogP contribution in [0.2, 0.25) is 0 Å². The van der Waals surface area contributed by atoms with Gasteiger partial charge in [0.25, 0.3) is 0 Å². The average molecular weight is 225 g/mol. The van der Waals surface area contributed by atoms with Gasteiger partial charge in [-0.1, -0.05) is 13.0 Å².